The number of aliphatic carboxylic acids is 1. The monoisotopic (exact) mass is 237 g/mol. The van der Waals surface area contributed by atoms with Crippen LogP contribution in [0.25, 0.3) is 10.9 Å². The third kappa shape index (κ3) is 2.06. The van der Waals surface area contributed by atoms with Crippen LogP contribution in [0.2, 0.25) is 5.02 Å². The molecule has 2 aromatic rings. The number of hydrogen-bond donors (Lipinski definition) is 2. The summed E-state index contributed by atoms with van der Waals surface area (Å²) in [5.41, 5.74) is 1.05. The van der Waals surface area contributed by atoms with E-state index in [1.807, 2.05) is 0 Å². The standard InChI is InChI=1S/C11H8ClNO3/c12-7-1-2-8-6(3-7)4-9(13-8)10(14)5-11(15)16/h1-4,13H,5H2,(H,15,16). The Hall–Kier alpha value is -1.81. The fourth-order valence-corrected chi connectivity index (χ4v) is 1.67. The smallest absolute Gasteiger partial charge is 0.311 e. The van der Waals surface area contributed by atoms with Crippen molar-refractivity contribution < 1.29 is 14.7 Å². The predicted molar refractivity (Wildman–Crippen MR) is 59.9 cm³/mol. The van der Waals surface area contributed by atoms with E-state index in [2.05, 4.69) is 4.98 Å². The van der Waals surface area contributed by atoms with Crippen LogP contribution in [-0.4, -0.2) is 21.8 Å². The number of rotatable bonds is 3. The summed E-state index contributed by atoms with van der Waals surface area (Å²) in [4.78, 5) is 24.7. The van der Waals surface area contributed by atoms with Crippen LogP contribution in [-0.2, 0) is 4.79 Å². The van der Waals surface area contributed by atoms with Crippen molar-refractivity contribution in [3.8, 4) is 0 Å². The summed E-state index contributed by atoms with van der Waals surface area (Å²) in [5, 5.41) is 9.87. The molecule has 0 radical (unpaired) electrons. The maximum absolute atomic E-state index is 11.5. The van der Waals surface area contributed by atoms with Gasteiger partial charge in [-0.3, -0.25) is 9.59 Å². The van der Waals surface area contributed by atoms with E-state index in [0.29, 0.717) is 10.7 Å². The van der Waals surface area contributed by atoms with Crippen LogP contribution < -0.4 is 0 Å². The number of ketones is 1. The normalized spacial score (nSPS) is 10.6. The highest BCUT2D eigenvalue weighted by Crippen LogP contribution is 2.20. The van der Waals surface area contributed by atoms with E-state index in [4.69, 9.17) is 16.7 Å². The van der Waals surface area contributed by atoms with Gasteiger partial charge < -0.3 is 10.1 Å². The van der Waals surface area contributed by atoms with Crippen LogP contribution >= 0.6 is 11.6 Å². The zero-order valence-electron chi connectivity index (χ0n) is 8.16. The topological polar surface area (TPSA) is 70.2 Å². The maximum atomic E-state index is 11.5. The Balaban J connectivity index is 2.39. The van der Waals surface area contributed by atoms with Crippen molar-refractivity contribution >= 4 is 34.3 Å². The van der Waals surface area contributed by atoms with Crippen LogP contribution in [0.15, 0.2) is 24.3 Å². The highest BCUT2D eigenvalue weighted by molar-refractivity contribution is 6.31. The number of carbonyl (C=O) groups excluding carboxylic acids is 1. The van der Waals surface area contributed by atoms with E-state index in [-0.39, 0.29) is 0 Å². The first-order valence-electron chi connectivity index (χ1n) is 4.59. The van der Waals surface area contributed by atoms with E-state index in [9.17, 15) is 9.59 Å². The maximum Gasteiger partial charge on any atom is 0.311 e. The minimum Gasteiger partial charge on any atom is -0.481 e. The van der Waals surface area contributed by atoms with Crippen LogP contribution in [0.3, 0.4) is 0 Å². The third-order valence-corrected chi connectivity index (χ3v) is 2.43. The number of carboxylic acid groups (broad SMARTS) is 1. The molecule has 1 aromatic heterocycles. The lowest BCUT2D eigenvalue weighted by Gasteiger charge is -1.91. The van der Waals surface area contributed by atoms with Crippen molar-refractivity contribution in [1.82, 2.24) is 4.98 Å². The zero-order valence-corrected chi connectivity index (χ0v) is 8.91. The van der Waals surface area contributed by atoms with Gasteiger partial charge in [0.1, 0.15) is 6.42 Å². The number of hydrogen-bond acceptors (Lipinski definition) is 2. The average Bonchev–Trinajstić information content (AvgIpc) is 2.59. The molecule has 0 aliphatic rings. The second kappa shape index (κ2) is 3.98. The molecule has 2 N–H and O–H groups in total. The largest absolute Gasteiger partial charge is 0.481 e. The van der Waals surface area contributed by atoms with Gasteiger partial charge >= 0.3 is 5.97 Å². The van der Waals surface area contributed by atoms with Crippen molar-refractivity contribution in [3.05, 3.63) is 35.0 Å². The number of carboxylic acids is 1. The number of aromatic nitrogens is 1. The number of Topliss-reactive ketones (excluding diaryl/α,β-unsaturated/α-hetero) is 1. The second-order valence-corrected chi connectivity index (χ2v) is 3.84. The van der Waals surface area contributed by atoms with Crippen molar-refractivity contribution in [1.29, 1.82) is 0 Å². The molecule has 0 fully saturated rings. The molecule has 0 aliphatic carbocycles. The van der Waals surface area contributed by atoms with E-state index >= 15 is 0 Å². The molecule has 0 bridgehead atoms. The van der Waals surface area contributed by atoms with Crippen molar-refractivity contribution in [2.75, 3.05) is 0 Å². The molecule has 0 atom stereocenters. The lowest BCUT2D eigenvalue weighted by Crippen LogP contribution is -2.06. The Morgan fingerprint density at radius 1 is 1.31 bits per heavy atom. The fourth-order valence-electron chi connectivity index (χ4n) is 1.49. The van der Waals surface area contributed by atoms with Gasteiger partial charge in [0.25, 0.3) is 0 Å². The van der Waals surface area contributed by atoms with Gasteiger partial charge in [0.05, 0.1) is 5.69 Å². The molecule has 0 aliphatic heterocycles. The predicted octanol–water partition coefficient (Wildman–Crippen LogP) is 2.48. The molecule has 0 unspecified atom stereocenters. The first-order valence-corrected chi connectivity index (χ1v) is 4.97. The minimum atomic E-state index is -1.14. The average molecular weight is 238 g/mol. The van der Waals surface area contributed by atoms with Crippen LogP contribution in [0.5, 0.6) is 0 Å². The van der Waals surface area contributed by atoms with Crippen molar-refractivity contribution in [2.45, 2.75) is 6.42 Å². The Bertz CT molecular complexity index is 574. The molecule has 5 heteroatoms. The van der Waals surface area contributed by atoms with Crippen LogP contribution in [0.1, 0.15) is 16.9 Å². The van der Waals surface area contributed by atoms with E-state index in [1.54, 1.807) is 24.3 Å². The first-order chi connectivity index (χ1) is 7.56. The summed E-state index contributed by atoms with van der Waals surface area (Å²) in [6.45, 7) is 0. The fraction of sp³-hybridized carbons (Fsp3) is 0.0909. The molecule has 1 heterocycles. The van der Waals surface area contributed by atoms with Gasteiger partial charge in [-0.15, -0.1) is 0 Å². The number of benzene rings is 1. The number of aromatic amines is 1. The van der Waals surface area contributed by atoms with Crippen LogP contribution in [0.4, 0.5) is 0 Å². The Morgan fingerprint density at radius 3 is 2.75 bits per heavy atom. The van der Waals surface area contributed by atoms with Crippen molar-refractivity contribution in [2.24, 2.45) is 0 Å². The molecule has 2 rings (SSSR count). The molecule has 16 heavy (non-hydrogen) atoms. The summed E-state index contributed by atoms with van der Waals surface area (Å²) >= 11 is 5.80. The van der Waals surface area contributed by atoms with Gasteiger partial charge in [-0.1, -0.05) is 11.6 Å². The second-order valence-electron chi connectivity index (χ2n) is 3.41. The molecular formula is C11H8ClNO3. The number of nitrogens with one attached hydrogen (secondary N) is 1. The highest BCUT2D eigenvalue weighted by Gasteiger charge is 2.13. The van der Waals surface area contributed by atoms with E-state index < -0.39 is 18.2 Å². The van der Waals surface area contributed by atoms with E-state index in [1.165, 1.54) is 0 Å². The summed E-state index contributed by atoms with van der Waals surface area (Å²) in [6.07, 6.45) is -0.513. The molecule has 4 nitrogen and oxygen atoms in total. The number of carbonyl (C=O) groups is 2. The lowest BCUT2D eigenvalue weighted by molar-refractivity contribution is -0.135. The van der Waals surface area contributed by atoms with Gasteiger partial charge in [-0.25, -0.2) is 0 Å². The third-order valence-electron chi connectivity index (χ3n) is 2.19. The lowest BCUT2D eigenvalue weighted by atomic mass is 10.2. The van der Waals surface area contributed by atoms with Gasteiger partial charge in [0.2, 0.25) is 0 Å². The SMILES string of the molecule is O=C(O)CC(=O)c1cc2cc(Cl)ccc2[nH]1. The van der Waals surface area contributed by atoms with Gasteiger partial charge in [0, 0.05) is 15.9 Å². The highest BCUT2D eigenvalue weighted by atomic mass is 35.5. The summed E-state index contributed by atoms with van der Waals surface area (Å²) in [7, 11) is 0. The molecule has 1 aromatic carbocycles. The van der Waals surface area contributed by atoms with Gasteiger partial charge in [-0.2, -0.15) is 0 Å². The molecule has 0 saturated carbocycles. The number of fused-ring (bicyclic) bond motifs is 1. The summed E-state index contributed by atoms with van der Waals surface area (Å²) in [5.74, 6) is -1.58. The number of halogens is 1. The molecule has 0 spiro atoms. The Kier molecular flexibility index (Phi) is 2.66. The first kappa shape index (κ1) is 10.7. The minimum absolute atomic E-state index is 0.291. The van der Waals surface area contributed by atoms with Gasteiger partial charge in [0.15, 0.2) is 5.78 Å². The van der Waals surface area contributed by atoms with E-state index in [0.717, 1.165) is 10.9 Å². The van der Waals surface area contributed by atoms with Crippen LogP contribution in [0, 0.1) is 0 Å². The quantitative estimate of drug-likeness (QED) is 0.636. The van der Waals surface area contributed by atoms with Crippen molar-refractivity contribution in [3.63, 3.8) is 0 Å². The Morgan fingerprint density at radius 2 is 2.06 bits per heavy atom. The number of H-pyrrole nitrogens is 1. The molecular weight excluding hydrogens is 230 g/mol. The molecule has 0 amide bonds. The molecule has 0 saturated heterocycles. The van der Waals surface area contributed by atoms with Gasteiger partial charge in [-0.05, 0) is 24.3 Å². The summed E-state index contributed by atoms with van der Waals surface area (Å²) < 4.78 is 0. The zero-order chi connectivity index (χ0) is 11.7. The Labute approximate surface area is 95.8 Å². The summed E-state index contributed by atoms with van der Waals surface area (Å²) in [6, 6.07) is 6.76. The molecule has 82 valence electrons.